The number of rotatable bonds is 4. The van der Waals surface area contributed by atoms with Gasteiger partial charge in [0.15, 0.2) is 11.5 Å². The van der Waals surface area contributed by atoms with Gasteiger partial charge in [-0.05, 0) is 37.1 Å². The van der Waals surface area contributed by atoms with Gasteiger partial charge in [-0.3, -0.25) is 4.79 Å². The van der Waals surface area contributed by atoms with E-state index in [0.29, 0.717) is 30.0 Å². The number of halogens is 1. The summed E-state index contributed by atoms with van der Waals surface area (Å²) in [6.07, 6.45) is 0.889. The lowest BCUT2D eigenvalue weighted by atomic mass is 9.97. The minimum Gasteiger partial charge on any atom is -0.454 e. The Morgan fingerprint density at radius 1 is 1.07 bits per heavy atom. The third-order valence-electron chi connectivity index (χ3n) is 4.92. The van der Waals surface area contributed by atoms with E-state index in [9.17, 15) is 13.2 Å². The minimum atomic E-state index is -3.67. The highest BCUT2D eigenvalue weighted by Crippen LogP contribution is 2.35. The molecular weight excluding hydrogens is 404 g/mol. The zero-order valence-electron chi connectivity index (χ0n) is 14.9. The zero-order chi connectivity index (χ0) is 19.7. The number of carbonyl (C=O) groups is 1. The van der Waals surface area contributed by atoms with Gasteiger partial charge in [-0.1, -0.05) is 23.7 Å². The standard InChI is InChI=1S/C19H19ClN2O5S/c20-15-3-1-2-4-18(15)28(24,25)22-9-7-13(8-10-22)19(23)21-14-5-6-16-17(11-14)27-12-26-16/h1-6,11,13H,7-10,12H2,(H,21,23). The van der Waals surface area contributed by atoms with E-state index in [4.69, 9.17) is 21.1 Å². The van der Waals surface area contributed by atoms with Crippen LogP contribution in [0.4, 0.5) is 5.69 Å². The molecular formula is C19H19ClN2O5S. The second kappa shape index (κ2) is 7.62. The SMILES string of the molecule is O=C(Nc1ccc2c(c1)OCO2)C1CCN(S(=O)(=O)c2ccccc2Cl)CC1. The summed E-state index contributed by atoms with van der Waals surface area (Å²) in [4.78, 5) is 12.7. The van der Waals surface area contributed by atoms with Gasteiger partial charge in [0.05, 0.1) is 5.02 Å². The van der Waals surface area contributed by atoms with Crippen LogP contribution in [0.5, 0.6) is 11.5 Å². The number of benzene rings is 2. The molecule has 2 aromatic carbocycles. The van der Waals surface area contributed by atoms with Crippen molar-refractivity contribution in [3.8, 4) is 11.5 Å². The van der Waals surface area contributed by atoms with Crippen LogP contribution >= 0.6 is 11.6 Å². The first kappa shape index (κ1) is 19.0. The van der Waals surface area contributed by atoms with Crippen LogP contribution in [-0.4, -0.2) is 38.5 Å². The number of ether oxygens (including phenoxy) is 2. The van der Waals surface area contributed by atoms with Crippen molar-refractivity contribution < 1.29 is 22.7 Å². The first-order chi connectivity index (χ1) is 13.4. The van der Waals surface area contributed by atoms with E-state index in [2.05, 4.69) is 5.32 Å². The van der Waals surface area contributed by atoms with Gasteiger partial charge in [0.2, 0.25) is 22.7 Å². The Kier molecular flexibility index (Phi) is 5.18. The topological polar surface area (TPSA) is 84.9 Å². The average molecular weight is 423 g/mol. The number of hydrogen-bond donors (Lipinski definition) is 1. The molecule has 2 heterocycles. The maximum Gasteiger partial charge on any atom is 0.244 e. The van der Waals surface area contributed by atoms with E-state index in [1.807, 2.05) is 0 Å². The van der Waals surface area contributed by atoms with Gasteiger partial charge in [-0.2, -0.15) is 4.31 Å². The Bertz CT molecular complexity index is 1000. The van der Waals surface area contributed by atoms with E-state index in [1.54, 1.807) is 36.4 Å². The third kappa shape index (κ3) is 3.67. The number of nitrogens with one attached hydrogen (secondary N) is 1. The monoisotopic (exact) mass is 422 g/mol. The summed E-state index contributed by atoms with van der Waals surface area (Å²) in [6, 6.07) is 11.6. The quantitative estimate of drug-likeness (QED) is 0.818. The first-order valence-corrected chi connectivity index (χ1v) is 10.7. The van der Waals surface area contributed by atoms with Crippen molar-refractivity contribution in [1.82, 2.24) is 4.31 Å². The molecule has 0 atom stereocenters. The van der Waals surface area contributed by atoms with Gasteiger partial charge in [-0.25, -0.2) is 8.42 Å². The molecule has 0 radical (unpaired) electrons. The summed E-state index contributed by atoms with van der Waals surface area (Å²) < 4.78 is 37.6. The number of fused-ring (bicyclic) bond motifs is 1. The van der Waals surface area contributed by atoms with E-state index in [-0.39, 0.29) is 41.6 Å². The summed E-state index contributed by atoms with van der Waals surface area (Å²) in [5.41, 5.74) is 0.625. The molecule has 148 valence electrons. The van der Waals surface area contributed by atoms with Gasteiger partial charge in [-0.15, -0.1) is 0 Å². The van der Waals surface area contributed by atoms with Gasteiger partial charge in [0.1, 0.15) is 4.90 Å². The summed E-state index contributed by atoms with van der Waals surface area (Å²) in [5, 5.41) is 3.07. The highest BCUT2D eigenvalue weighted by atomic mass is 35.5. The Morgan fingerprint density at radius 3 is 2.54 bits per heavy atom. The van der Waals surface area contributed by atoms with E-state index in [1.165, 1.54) is 10.4 Å². The molecule has 0 aliphatic carbocycles. The molecule has 2 aliphatic heterocycles. The van der Waals surface area contributed by atoms with E-state index < -0.39 is 10.0 Å². The van der Waals surface area contributed by atoms with Gasteiger partial charge < -0.3 is 14.8 Å². The minimum absolute atomic E-state index is 0.0972. The normalized spacial score (nSPS) is 17.5. The van der Waals surface area contributed by atoms with E-state index >= 15 is 0 Å². The Morgan fingerprint density at radius 2 is 1.79 bits per heavy atom. The maximum atomic E-state index is 12.8. The molecule has 0 bridgehead atoms. The Hall–Kier alpha value is -2.29. The molecule has 4 rings (SSSR count). The number of carbonyl (C=O) groups excluding carboxylic acids is 1. The molecule has 2 aliphatic rings. The molecule has 0 spiro atoms. The molecule has 2 aromatic rings. The highest BCUT2D eigenvalue weighted by molar-refractivity contribution is 7.89. The lowest BCUT2D eigenvalue weighted by Gasteiger charge is -2.30. The van der Waals surface area contributed by atoms with Crippen LogP contribution in [0.1, 0.15) is 12.8 Å². The predicted octanol–water partition coefficient (Wildman–Crippen LogP) is 3.11. The van der Waals surface area contributed by atoms with Crippen LogP contribution in [0.25, 0.3) is 0 Å². The Balaban J connectivity index is 1.38. The van der Waals surface area contributed by atoms with Gasteiger partial charge in [0.25, 0.3) is 0 Å². The fraction of sp³-hybridized carbons (Fsp3) is 0.316. The summed E-state index contributed by atoms with van der Waals surface area (Å²) >= 11 is 6.05. The predicted molar refractivity (Wildman–Crippen MR) is 104 cm³/mol. The van der Waals surface area contributed by atoms with Crippen molar-refractivity contribution in [2.75, 3.05) is 25.2 Å². The number of amides is 1. The largest absolute Gasteiger partial charge is 0.454 e. The number of nitrogens with zero attached hydrogens (tertiary/aromatic N) is 1. The molecule has 9 heteroatoms. The average Bonchev–Trinajstić information content (AvgIpc) is 3.16. The number of piperidine rings is 1. The van der Waals surface area contributed by atoms with Crippen molar-refractivity contribution >= 4 is 33.2 Å². The zero-order valence-corrected chi connectivity index (χ0v) is 16.5. The van der Waals surface area contributed by atoms with Crippen LogP contribution in [0, 0.1) is 5.92 Å². The molecule has 0 unspecified atom stereocenters. The van der Waals surface area contributed by atoms with Crippen molar-refractivity contribution in [2.24, 2.45) is 5.92 Å². The van der Waals surface area contributed by atoms with Gasteiger partial charge in [0, 0.05) is 30.8 Å². The number of sulfonamides is 1. The van der Waals surface area contributed by atoms with E-state index in [0.717, 1.165) is 0 Å². The smallest absolute Gasteiger partial charge is 0.244 e. The molecule has 1 N–H and O–H groups in total. The molecule has 1 fully saturated rings. The Labute approximate surface area is 168 Å². The fourth-order valence-corrected chi connectivity index (χ4v) is 5.33. The van der Waals surface area contributed by atoms with Crippen molar-refractivity contribution in [1.29, 1.82) is 0 Å². The molecule has 28 heavy (non-hydrogen) atoms. The van der Waals surface area contributed by atoms with Crippen LogP contribution in [-0.2, 0) is 14.8 Å². The molecule has 0 saturated carbocycles. The van der Waals surface area contributed by atoms with Crippen molar-refractivity contribution in [2.45, 2.75) is 17.7 Å². The van der Waals surface area contributed by atoms with Gasteiger partial charge >= 0.3 is 0 Å². The second-order valence-corrected chi connectivity index (χ2v) is 8.98. The molecule has 1 amide bonds. The van der Waals surface area contributed by atoms with Crippen LogP contribution in [0.3, 0.4) is 0 Å². The van der Waals surface area contributed by atoms with Crippen molar-refractivity contribution in [3.63, 3.8) is 0 Å². The molecule has 1 saturated heterocycles. The summed E-state index contributed by atoms with van der Waals surface area (Å²) in [5.74, 6) is 0.853. The van der Waals surface area contributed by atoms with Crippen LogP contribution in [0.15, 0.2) is 47.4 Å². The van der Waals surface area contributed by atoms with Crippen LogP contribution in [0.2, 0.25) is 5.02 Å². The third-order valence-corrected chi connectivity index (χ3v) is 7.32. The lowest BCUT2D eigenvalue weighted by molar-refractivity contribution is -0.120. The van der Waals surface area contributed by atoms with Crippen LogP contribution < -0.4 is 14.8 Å². The maximum absolute atomic E-state index is 12.8. The first-order valence-electron chi connectivity index (χ1n) is 8.90. The fourth-order valence-electron chi connectivity index (χ4n) is 3.37. The summed E-state index contributed by atoms with van der Waals surface area (Å²) in [6.45, 7) is 0.713. The molecule has 7 nitrogen and oxygen atoms in total. The molecule has 0 aromatic heterocycles. The number of anilines is 1. The highest BCUT2D eigenvalue weighted by Gasteiger charge is 2.33. The van der Waals surface area contributed by atoms with Crippen molar-refractivity contribution in [3.05, 3.63) is 47.5 Å². The number of hydrogen-bond acceptors (Lipinski definition) is 5. The second-order valence-electron chi connectivity index (χ2n) is 6.67. The summed E-state index contributed by atoms with van der Waals surface area (Å²) in [7, 11) is -3.67. The lowest BCUT2D eigenvalue weighted by Crippen LogP contribution is -2.41.